The molecule has 6 heteroatoms. The van der Waals surface area contributed by atoms with Crippen LogP contribution in [0.25, 0.3) is 101 Å². The first-order valence-corrected chi connectivity index (χ1v) is 19.4. The Kier molecular flexibility index (Phi) is 8.04. The first-order chi connectivity index (χ1) is 28.8. The van der Waals surface area contributed by atoms with Gasteiger partial charge in [-0.15, -0.1) is 0 Å². The summed E-state index contributed by atoms with van der Waals surface area (Å²) >= 11 is 0. The Morgan fingerprint density at radius 2 is 0.759 bits per heavy atom. The van der Waals surface area contributed by atoms with E-state index < -0.39 is 0 Å². The first kappa shape index (κ1) is 33.4. The van der Waals surface area contributed by atoms with E-state index in [9.17, 15) is 0 Å². The van der Waals surface area contributed by atoms with Gasteiger partial charge in [-0.05, 0) is 65.7 Å². The van der Waals surface area contributed by atoms with E-state index in [1.807, 2.05) is 48.5 Å². The molecule has 0 fully saturated rings. The highest BCUT2D eigenvalue weighted by molar-refractivity contribution is 6.09. The van der Waals surface area contributed by atoms with Crippen molar-refractivity contribution in [3.63, 3.8) is 0 Å². The summed E-state index contributed by atoms with van der Waals surface area (Å²) < 4.78 is 4.62. The highest BCUT2D eigenvalue weighted by Gasteiger charge is 2.23. The molecule has 0 bridgehead atoms. The fraction of sp³-hybridized carbons (Fsp3) is 0. The largest absolute Gasteiger partial charge is 0.309 e. The van der Waals surface area contributed by atoms with E-state index in [4.69, 9.17) is 19.9 Å². The summed E-state index contributed by atoms with van der Waals surface area (Å²) in [5.41, 5.74) is 12.1. The molecule has 0 aliphatic rings. The smallest absolute Gasteiger partial charge is 0.164 e. The van der Waals surface area contributed by atoms with Crippen LogP contribution in [0.5, 0.6) is 0 Å². The fourth-order valence-electron chi connectivity index (χ4n) is 8.07. The van der Waals surface area contributed by atoms with Gasteiger partial charge >= 0.3 is 0 Å². The van der Waals surface area contributed by atoms with Gasteiger partial charge in [0.2, 0.25) is 0 Å². The predicted octanol–water partition coefficient (Wildman–Crippen LogP) is 12.6. The van der Waals surface area contributed by atoms with E-state index in [0.29, 0.717) is 17.5 Å². The molecule has 0 aliphatic carbocycles. The van der Waals surface area contributed by atoms with E-state index in [1.165, 1.54) is 10.8 Å². The van der Waals surface area contributed by atoms with Crippen LogP contribution in [0.2, 0.25) is 0 Å². The third-order valence-electron chi connectivity index (χ3n) is 10.8. The zero-order valence-corrected chi connectivity index (χ0v) is 31.3. The summed E-state index contributed by atoms with van der Waals surface area (Å²) in [5.74, 6) is 2.61. The minimum Gasteiger partial charge on any atom is -0.309 e. The molecule has 0 saturated heterocycles. The van der Waals surface area contributed by atoms with Crippen molar-refractivity contribution >= 4 is 32.8 Å². The van der Waals surface area contributed by atoms with Gasteiger partial charge in [-0.1, -0.05) is 152 Å². The summed E-state index contributed by atoms with van der Waals surface area (Å²) in [5, 5.41) is 2.38. The number of fused-ring (bicyclic) bond motifs is 4. The van der Waals surface area contributed by atoms with Crippen LogP contribution in [0, 0.1) is 0 Å². The quantitative estimate of drug-likeness (QED) is 0.163. The molecular formula is C52H34N6. The van der Waals surface area contributed by atoms with Crippen molar-refractivity contribution in [1.29, 1.82) is 0 Å². The molecule has 272 valence electrons. The summed E-state index contributed by atoms with van der Waals surface area (Å²) in [6, 6.07) is 71.5. The lowest BCUT2D eigenvalue weighted by molar-refractivity contribution is 1.07. The topological polar surface area (TPSA) is 61.4 Å². The van der Waals surface area contributed by atoms with Crippen molar-refractivity contribution in [3.8, 4) is 68.1 Å². The average molecular weight is 743 g/mol. The van der Waals surface area contributed by atoms with Crippen LogP contribution >= 0.6 is 0 Å². The van der Waals surface area contributed by atoms with E-state index in [-0.39, 0.29) is 0 Å². The second-order valence-corrected chi connectivity index (χ2v) is 14.3. The van der Waals surface area contributed by atoms with Gasteiger partial charge in [0.05, 0.1) is 27.8 Å². The molecule has 0 atom stereocenters. The minimum absolute atomic E-state index is 0.577. The third kappa shape index (κ3) is 5.74. The second-order valence-electron chi connectivity index (χ2n) is 14.3. The van der Waals surface area contributed by atoms with Crippen LogP contribution in [0.4, 0.5) is 0 Å². The maximum Gasteiger partial charge on any atom is 0.164 e. The predicted molar refractivity (Wildman–Crippen MR) is 236 cm³/mol. The number of aromatic nitrogens is 6. The van der Waals surface area contributed by atoms with Crippen molar-refractivity contribution in [1.82, 2.24) is 29.1 Å². The zero-order chi connectivity index (χ0) is 38.4. The van der Waals surface area contributed by atoms with E-state index in [2.05, 4.69) is 167 Å². The molecule has 58 heavy (non-hydrogen) atoms. The summed E-state index contributed by atoms with van der Waals surface area (Å²) in [7, 11) is 0. The molecular weight excluding hydrogens is 709 g/mol. The number of rotatable bonds is 7. The molecule has 0 unspecified atom stereocenters. The third-order valence-corrected chi connectivity index (χ3v) is 10.8. The Bertz CT molecular complexity index is 3210. The molecule has 0 amide bonds. The van der Waals surface area contributed by atoms with E-state index in [0.717, 1.165) is 72.6 Å². The van der Waals surface area contributed by atoms with E-state index >= 15 is 0 Å². The molecule has 0 radical (unpaired) electrons. The van der Waals surface area contributed by atoms with Crippen LogP contribution in [-0.4, -0.2) is 29.1 Å². The van der Waals surface area contributed by atoms with Gasteiger partial charge in [-0.25, -0.2) is 19.9 Å². The van der Waals surface area contributed by atoms with Crippen molar-refractivity contribution < 1.29 is 0 Å². The monoisotopic (exact) mass is 742 g/mol. The van der Waals surface area contributed by atoms with Crippen molar-refractivity contribution in [2.45, 2.75) is 0 Å². The number of para-hydroxylation sites is 5. The van der Waals surface area contributed by atoms with Gasteiger partial charge in [0, 0.05) is 38.7 Å². The van der Waals surface area contributed by atoms with Crippen LogP contribution in [0.1, 0.15) is 0 Å². The van der Waals surface area contributed by atoms with Gasteiger partial charge in [-0.2, -0.15) is 0 Å². The van der Waals surface area contributed by atoms with Gasteiger partial charge in [0.25, 0.3) is 0 Å². The number of benzene rings is 8. The Balaban J connectivity index is 1.17. The summed E-state index contributed by atoms with van der Waals surface area (Å²) in [6.07, 6.45) is 0. The molecule has 6 nitrogen and oxygen atoms in total. The molecule has 0 N–H and O–H groups in total. The lowest BCUT2D eigenvalue weighted by atomic mass is 10.0. The molecule has 0 aliphatic heterocycles. The fourth-order valence-corrected chi connectivity index (χ4v) is 8.07. The number of hydrogen-bond acceptors (Lipinski definition) is 4. The van der Waals surface area contributed by atoms with Crippen molar-refractivity contribution in [2.24, 2.45) is 0 Å². The number of imidazole rings is 1. The number of nitrogens with zero attached hydrogens (tertiary/aromatic N) is 6. The molecule has 0 spiro atoms. The van der Waals surface area contributed by atoms with Gasteiger partial charge in [-0.3, -0.25) is 4.57 Å². The Morgan fingerprint density at radius 3 is 1.40 bits per heavy atom. The highest BCUT2D eigenvalue weighted by Crippen LogP contribution is 2.40. The number of hydrogen-bond donors (Lipinski definition) is 0. The molecule has 11 rings (SSSR count). The highest BCUT2D eigenvalue weighted by atomic mass is 15.1. The standard InChI is InChI=1S/C52H34N6/c1-4-16-35(17-5-1)36-28-30-38(31-29-36)50-54-49(37-18-6-2-7-19-37)55-51(56-50)39-32-33-47(58-45-25-13-10-22-41(45)42-23-11-14-26-46(42)58)43(34-39)52-53-44-24-12-15-27-48(44)57(52)40-20-8-3-9-21-40/h1-34H. The van der Waals surface area contributed by atoms with Crippen LogP contribution in [0.15, 0.2) is 206 Å². The van der Waals surface area contributed by atoms with Crippen LogP contribution in [-0.2, 0) is 0 Å². The molecule has 11 aromatic rings. The zero-order valence-electron chi connectivity index (χ0n) is 31.3. The lowest BCUT2D eigenvalue weighted by Crippen LogP contribution is -2.04. The minimum atomic E-state index is 0.577. The molecule has 0 saturated carbocycles. The summed E-state index contributed by atoms with van der Waals surface area (Å²) in [4.78, 5) is 20.8. The molecule has 3 heterocycles. The Labute approximate surface area is 335 Å². The summed E-state index contributed by atoms with van der Waals surface area (Å²) in [6.45, 7) is 0. The maximum atomic E-state index is 5.38. The van der Waals surface area contributed by atoms with Crippen LogP contribution in [0.3, 0.4) is 0 Å². The normalized spacial score (nSPS) is 11.4. The Hall–Kier alpha value is -7.96. The second kappa shape index (κ2) is 14.0. The van der Waals surface area contributed by atoms with Gasteiger partial charge in [0.15, 0.2) is 17.5 Å². The SMILES string of the molecule is c1ccc(-c2ccc(-c3nc(-c4ccccc4)nc(-c4ccc(-n5c6ccccc6c6ccccc65)c(-c5nc6ccccc6n5-c5ccccc5)c4)n3)cc2)cc1. The maximum absolute atomic E-state index is 5.38. The van der Waals surface area contributed by atoms with E-state index in [1.54, 1.807) is 0 Å². The Morgan fingerprint density at radius 1 is 0.310 bits per heavy atom. The van der Waals surface area contributed by atoms with Crippen molar-refractivity contribution in [3.05, 3.63) is 206 Å². The average Bonchev–Trinajstić information content (AvgIpc) is 3.86. The van der Waals surface area contributed by atoms with Crippen LogP contribution < -0.4 is 0 Å². The van der Waals surface area contributed by atoms with Gasteiger partial charge in [0.1, 0.15) is 5.82 Å². The molecule has 3 aromatic heterocycles. The molecule has 8 aromatic carbocycles. The first-order valence-electron chi connectivity index (χ1n) is 19.4. The van der Waals surface area contributed by atoms with Gasteiger partial charge < -0.3 is 4.57 Å². The lowest BCUT2D eigenvalue weighted by Gasteiger charge is -2.17. The van der Waals surface area contributed by atoms with Crippen molar-refractivity contribution in [2.75, 3.05) is 0 Å².